The molecule has 1 aliphatic heterocycles. The molecule has 0 radical (unpaired) electrons. The Morgan fingerprint density at radius 1 is 1.40 bits per heavy atom. The maximum atomic E-state index is 12.8. The lowest BCUT2D eigenvalue weighted by Crippen LogP contribution is -2.42. The molecule has 25 heavy (non-hydrogen) atoms. The molecule has 1 amide bonds. The Labute approximate surface area is 158 Å². The second-order valence-electron chi connectivity index (χ2n) is 7.46. The van der Waals surface area contributed by atoms with Crippen LogP contribution in [0.15, 0.2) is 0 Å². The summed E-state index contributed by atoms with van der Waals surface area (Å²) in [7, 11) is 0. The Morgan fingerprint density at radius 2 is 2.12 bits per heavy atom. The van der Waals surface area contributed by atoms with Crippen molar-refractivity contribution in [2.24, 2.45) is 5.92 Å². The summed E-state index contributed by atoms with van der Waals surface area (Å²) in [6, 6.07) is 0.378. The predicted octanol–water partition coefficient (Wildman–Crippen LogP) is 3.11. The van der Waals surface area contributed by atoms with Crippen LogP contribution in [-0.4, -0.2) is 46.3 Å². The number of carbonyl (C=O) groups excluding carboxylic acids is 1. The topological polar surface area (TPSA) is 50.2 Å². The van der Waals surface area contributed by atoms with Gasteiger partial charge in [0.2, 0.25) is 5.91 Å². The highest BCUT2D eigenvalue weighted by atomic mass is 35.5. The molecular formula is C19H35ClN4O. The zero-order valence-electron chi connectivity index (χ0n) is 16.5. The third-order valence-electron chi connectivity index (χ3n) is 4.92. The summed E-state index contributed by atoms with van der Waals surface area (Å²) in [6.07, 6.45) is 3.49. The van der Waals surface area contributed by atoms with Crippen molar-refractivity contribution in [3.63, 3.8) is 0 Å². The molecule has 1 aromatic heterocycles. The number of aromatic nitrogens is 2. The average Bonchev–Trinajstić information content (AvgIpc) is 3.12. The minimum Gasteiger partial charge on any atom is -0.338 e. The average molecular weight is 371 g/mol. The van der Waals surface area contributed by atoms with Gasteiger partial charge in [0.05, 0.1) is 5.69 Å². The maximum absolute atomic E-state index is 12.8. The Bertz CT molecular complexity index is 550. The summed E-state index contributed by atoms with van der Waals surface area (Å²) in [5, 5.41) is 8.04. The van der Waals surface area contributed by atoms with Gasteiger partial charge in [0, 0.05) is 37.8 Å². The summed E-state index contributed by atoms with van der Waals surface area (Å²) in [5.74, 6) is 0.869. The van der Waals surface area contributed by atoms with E-state index in [0.717, 1.165) is 51.1 Å². The molecule has 144 valence electrons. The van der Waals surface area contributed by atoms with Gasteiger partial charge in [0.1, 0.15) is 0 Å². The summed E-state index contributed by atoms with van der Waals surface area (Å²) in [4.78, 5) is 14.9. The lowest BCUT2D eigenvalue weighted by atomic mass is 10.1. The maximum Gasteiger partial charge on any atom is 0.223 e. The molecule has 1 fully saturated rings. The number of aryl methyl sites for hydroxylation is 1. The fourth-order valence-electron chi connectivity index (χ4n) is 3.65. The van der Waals surface area contributed by atoms with E-state index in [1.165, 1.54) is 11.3 Å². The quantitative estimate of drug-likeness (QED) is 0.764. The standard InChI is InChI=1S/C19H34N4O.ClH/c1-6-11-22(17-9-10-20-12-17)19(24)8-7-18-15(4)21-23(16(18)5)13-14(2)3;/h14,17,20H,6-13H2,1-5H3;1H. The van der Waals surface area contributed by atoms with Crippen LogP contribution in [0.1, 0.15) is 57.0 Å². The van der Waals surface area contributed by atoms with Crippen LogP contribution >= 0.6 is 12.4 Å². The van der Waals surface area contributed by atoms with Gasteiger partial charge in [0.15, 0.2) is 0 Å². The molecule has 5 nitrogen and oxygen atoms in total. The molecule has 0 saturated carbocycles. The number of nitrogens with one attached hydrogen (secondary N) is 1. The molecule has 1 N–H and O–H groups in total. The van der Waals surface area contributed by atoms with E-state index in [2.05, 4.69) is 54.6 Å². The van der Waals surface area contributed by atoms with Gasteiger partial charge in [-0.1, -0.05) is 20.8 Å². The highest BCUT2D eigenvalue weighted by molar-refractivity contribution is 5.85. The van der Waals surface area contributed by atoms with Gasteiger partial charge in [-0.05, 0) is 51.1 Å². The van der Waals surface area contributed by atoms with Gasteiger partial charge < -0.3 is 10.2 Å². The second-order valence-corrected chi connectivity index (χ2v) is 7.46. The molecule has 2 heterocycles. The fourth-order valence-corrected chi connectivity index (χ4v) is 3.65. The number of hydrogen-bond donors (Lipinski definition) is 1. The fraction of sp³-hybridized carbons (Fsp3) is 0.789. The van der Waals surface area contributed by atoms with Crippen molar-refractivity contribution >= 4 is 18.3 Å². The first-order valence-corrected chi connectivity index (χ1v) is 9.47. The van der Waals surface area contributed by atoms with Gasteiger partial charge in [-0.2, -0.15) is 5.10 Å². The number of rotatable bonds is 8. The van der Waals surface area contributed by atoms with Gasteiger partial charge in [-0.15, -0.1) is 12.4 Å². The van der Waals surface area contributed by atoms with E-state index in [4.69, 9.17) is 0 Å². The highest BCUT2D eigenvalue weighted by Crippen LogP contribution is 2.18. The third-order valence-corrected chi connectivity index (χ3v) is 4.92. The van der Waals surface area contributed by atoms with Crippen LogP contribution in [0.4, 0.5) is 0 Å². The molecular weight excluding hydrogens is 336 g/mol. The van der Waals surface area contributed by atoms with Crippen molar-refractivity contribution in [3.8, 4) is 0 Å². The van der Waals surface area contributed by atoms with Crippen LogP contribution < -0.4 is 5.32 Å². The van der Waals surface area contributed by atoms with Crippen LogP contribution in [0.2, 0.25) is 0 Å². The number of amides is 1. The van der Waals surface area contributed by atoms with Crippen molar-refractivity contribution in [1.82, 2.24) is 20.0 Å². The Kier molecular flexibility index (Phi) is 8.94. The highest BCUT2D eigenvalue weighted by Gasteiger charge is 2.26. The summed E-state index contributed by atoms with van der Waals surface area (Å²) >= 11 is 0. The minimum atomic E-state index is 0. The van der Waals surface area contributed by atoms with E-state index in [1.54, 1.807) is 0 Å². The molecule has 2 rings (SSSR count). The summed E-state index contributed by atoms with van der Waals surface area (Å²) in [5.41, 5.74) is 3.55. The first kappa shape index (κ1) is 22.0. The Balaban J connectivity index is 0.00000312. The number of carbonyl (C=O) groups is 1. The molecule has 1 unspecified atom stereocenters. The van der Waals surface area contributed by atoms with Crippen LogP contribution in [0.3, 0.4) is 0 Å². The predicted molar refractivity (Wildman–Crippen MR) is 105 cm³/mol. The van der Waals surface area contributed by atoms with E-state index in [-0.39, 0.29) is 12.4 Å². The summed E-state index contributed by atoms with van der Waals surface area (Å²) < 4.78 is 2.10. The zero-order chi connectivity index (χ0) is 17.7. The lowest BCUT2D eigenvalue weighted by molar-refractivity contribution is -0.133. The van der Waals surface area contributed by atoms with E-state index in [9.17, 15) is 4.79 Å². The van der Waals surface area contributed by atoms with Crippen LogP contribution in [0.25, 0.3) is 0 Å². The van der Waals surface area contributed by atoms with E-state index in [1.807, 2.05) is 0 Å². The molecule has 6 heteroatoms. The smallest absolute Gasteiger partial charge is 0.223 e. The summed E-state index contributed by atoms with van der Waals surface area (Å²) in [6.45, 7) is 14.5. The monoisotopic (exact) mass is 370 g/mol. The first-order valence-electron chi connectivity index (χ1n) is 9.47. The molecule has 0 aliphatic carbocycles. The molecule has 0 aromatic carbocycles. The molecule has 0 spiro atoms. The SMILES string of the molecule is CCCN(C(=O)CCc1c(C)nn(CC(C)C)c1C)C1CCNC1.Cl. The number of hydrogen-bond acceptors (Lipinski definition) is 3. The van der Waals surface area contributed by atoms with Crippen molar-refractivity contribution < 1.29 is 4.79 Å². The Hall–Kier alpha value is -1.07. The van der Waals surface area contributed by atoms with Gasteiger partial charge in [0.25, 0.3) is 0 Å². The largest absolute Gasteiger partial charge is 0.338 e. The molecule has 1 atom stereocenters. The van der Waals surface area contributed by atoms with Crippen molar-refractivity contribution in [2.45, 2.75) is 72.9 Å². The number of nitrogens with zero attached hydrogens (tertiary/aromatic N) is 3. The van der Waals surface area contributed by atoms with Crippen LogP contribution in [0, 0.1) is 19.8 Å². The van der Waals surface area contributed by atoms with Crippen LogP contribution in [-0.2, 0) is 17.8 Å². The molecule has 1 aromatic rings. The van der Waals surface area contributed by atoms with Crippen molar-refractivity contribution in [2.75, 3.05) is 19.6 Å². The van der Waals surface area contributed by atoms with E-state index >= 15 is 0 Å². The van der Waals surface area contributed by atoms with Gasteiger partial charge in [-0.3, -0.25) is 9.48 Å². The number of halogens is 1. The molecule has 0 bridgehead atoms. The first-order chi connectivity index (χ1) is 11.4. The second kappa shape index (κ2) is 10.2. The van der Waals surface area contributed by atoms with Gasteiger partial charge in [-0.25, -0.2) is 0 Å². The normalized spacial score (nSPS) is 17.0. The van der Waals surface area contributed by atoms with E-state index < -0.39 is 0 Å². The minimum absolute atomic E-state index is 0. The van der Waals surface area contributed by atoms with Crippen LogP contribution in [0.5, 0.6) is 0 Å². The van der Waals surface area contributed by atoms with Crippen molar-refractivity contribution in [1.29, 1.82) is 0 Å². The van der Waals surface area contributed by atoms with Crippen molar-refractivity contribution in [3.05, 3.63) is 17.0 Å². The Morgan fingerprint density at radius 3 is 2.68 bits per heavy atom. The molecule has 1 aliphatic rings. The lowest BCUT2D eigenvalue weighted by Gasteiger charge is -2.28. The molecule has 1 saturated heterocycles. The van der Waals surface area contributed by atoms with Gasteiger partial charge >= 0.3 is 0 Å². The third kappa shape index (κ3) is 5.71. The zero-order valence-corrected chi connectivity index (χ0v) is 17.3. The van der Waals surface area contributed by atoms with E-state index in [0.29, 0.717) is 24.3 Å².